The van der Waals surface area contributed by atoms with Crippen LogP contribution in [0.5, 0.6) is 0 Å². The average molecular weight is 273 g/mol. The van der Waals surface area contributed by atoms with Crippen molar-refractivity contribution in [3.05, 3.63) is 77.9 Å². The highest BCUT2D eigenvalue weighted by Gasteiger charge is 2.37. The first kappa shape index (κ1) is 13.0. The van der Waals surface area contributed by atoms with E-state index in [9.17, 15) is 10.1 Å². The Kier molecular flexibility index (Phi) is 3.42. The Balaban J connectivity index is 2.10. The molecule has 3 rings (SSSR count). The summed E-state index contributed by atoms with van der Waals surface area (Å²) in [6.07, 6.45) is 1.52. The summed E-state index contributed by atoms with van der Waals surface area (Å²) in [5, 5.41) is 14.8. The summed E-state index contributed by atoms with van der Waals surface area (Å²) in [4.78, 5) is 12.3. The van der Waals surface area contributed by atoms with E-state index in [-0.39, 0.29) is 5.57 Å². The van der Waals surface area contributed by atoms with Crippen LogP contribution in [0.1, 0.15) is 5.56 Å². The molecule has 1 aliphatic rings. The Bertz CT molecular complexity index is 771. The molecule has 1 aliphatic heterocycles. The minimum atomic E-state index is -0.414. The summed E-state index contributed by atoms with van der Waals surface area (Å²) >= 11 is 0. The molecule has 21 heavy (non-hydrogen) atoms. The number of nitrogens with zero attached hydrogens (tertiary/aromatic N) is 3. The van der Waals surface area contributed by atoms with Crippen LogP contribution < -0.4 is 5.01 Å². The number of hydrogen-bond donors (Lipinski definition) is 0. The fraction of sp³-hybridized carbons (Fsp3) is 0. The van der Waals surface area contributed by atoms with E-state index in [0.29, 0.717) is 11.4 Å². The van der Waals surface area contributed by atoms with Crippen molar-refractivity contribution in [2.75, 3.05) is 0 Å². The molecule has 1 radical (unpaired) electrons. The predicted octanol–water partition coefficient (Wildman–Crippen LogP) is 2.85. The van der Waals surface area contributed by atoms with Crippen molar-refractivity contribution in [2.24, 2.45) is 5.10 Å². The van der Waals surface area contributed by atoms with Crippen molar-refractivity contribution < 1.29 is 4.79 Å². The van der Waals surface area contributed by atoms with E-state index in [0.717, 1.165) is 5.56 Å². The summed E-state index contributed by atoms with van der Waals surface area (Å²) < 4.78 is 0. The Hall–Kier alpha value is -3.03. The topological polar surface area (TPSA) is 59.1 Å². The van der Waals surface area contributed by atoms with Crippen LogP contribution in [0.4, 0.5) is 5.69 Å². The van der Waals surface area contributed by atoms with Gasteiger partial charge in [0.05, 0.1) is 5.01 Å². The average Bonchev–Trinajstić information content (AvgIpc) is 2.56. The van der Waals surface area contributed by atoms with Crippen LogP contribution in [0.2, 0.25) is 0 Å². The van der Waals surface area contributed by atoms with Crippen LogP contribution in [0, 0.1) is 11.3 Å². The fourth-order valence-electron chi connectivity index (χ4n) is 2.07. The molecular formula is C17H11N3O+. The molecule has 4 heteroatoms. The summed E-state index contributed by atoms with van der Waals surface area (Å²) in [6, 6.07) is 20.5. The van der Waals surface area contributed by atoms with Crippen LogP contribution in [0.15, 0.2) is 77.4 Å². The molecule has 1 heterocycles. The largest absolute Gasteiger partial charge is 0.439 e. The maximum absolute atomic E-state index is 12.3. The second-order valence-corrected chi connectivity index (χ2v) is 4.47. The summed E-state index contributed by atoms with van der Waals surface area (Å²) in [5.74, 6) is -0.414. The lowest BCUT2D eigenvalue weighted by Crippen LogP contribution is -2.32. The van der Waals surface area contributed by atoms with E-state index in [4.69, 9.17) is 0 Å². The molecule has 0 saturated carbocycles. The molecule has 0 fully saturated rings. The zero-order valence-corrected chi connectivity index (χ0v) is 11.1. The number of rotatable bonds is 2. The lowest BCUT2D eigenvalue weighted by Gasteiger charge is -2.09. The molecule has 0 saturated heterocycles. The Labute approximate surface area is 122 Å². The SMILES string of the molecule is N#CC1=CC(c2ccccc2)=N[N+](c2ccccc2)C1=O. The quantitative estimate of drug-likeness (QED) is 0.790. The molecule has 2 aromatic carbocycles. The molecular weight excluding hydrogens is 262 g/mol. The molecule has 1 amide bonds. The van der Waals surface area contributed by atoms with Gasteiger partial charge in [-0.25, -0.2) is 4.79 Å². The molecule has 0 bridgehead atoms. The number of carbonyl (C=O) groups is 1. The third-order valence-electron chi connectivity index (χ3n) is 3.10. The first-order valence-corrected chi connectivity index (χ1v) is 6.45. The monoisotopic (exact) mass is 273 g/mol. The molecule has 0 unspecified atom stereocenters. The Morgan fingerprint density at radius 1 is 0.952 bits per heavy atom. The number of hydrazone groups is 1. The van der Waals surface area contributed by atoms with E-state index in [2.05, 4.69) is 5.10 Å². The number of allylic oxidation sites excluding steroid dienone is 1. The normalized spacial score (nSPS) is 15.1. The number of carbonyl (C=O) groups excluding carboxylic acids is 1. The first-order valence-electron chi connectivity index (χ1n) is 6.45. The van der Waals surface area contributed by atoms with Crippen LogP contribution in [-0.2, 0) is 4.79 Å². The number of para-hydroxylation sites is 1. The third kappa shape index (κ3) is 2.50. The smallest absolute Gasteiger partial charge is 0.215 e. The van der Waals surface area contributed by atoms with Gasteiger partial charge in [-0.3, -0.25) is 0 Å². The number of anilines is 1. The molecule has 0 N–H and O–H groups in total. The maximum Gasteiger partial charge on any atom is 0.439 e. The second kappa shape index (κ2) is 5.53. The van der Waals surface area contributed by atoms with Gasteiger partial charge in [0, 0.05) is 17.7 Å². The third-order valence-corrected chi connectivity index (χ3v) is 3.10. The molecule has 0 aromatic heterocycles. The van der Waals surface area contributed by atoms with Crippen LogP contribution in [-0.4, -0.2) is 11.6 Å². The zero-order chi connectivity index (χ0) is 14.7. The van der Waals surface area contributed by atoms with Gasteiger partial charge in [0.25, 0.3) is 0 Å². The minimum absolute atomic E-state index is 0.0766. The molecule has 0 aliphatic carbocycles. The van der Waals surface area contributed by atoms with Gasteiger partial charge in [-0.2, -0.15) is 5.26 Å². The molecule has 0 spiro atoms. The molecule has 2 aromatic rings. The predicted molar refractivity (Wildman–Crippen MR) is 79.9 cm³/mol. The first-order chi connectivity index (χ1) is 10.3. The van der Waals surface area contributed by atoms with Crippen molar-refractivity contribution in [1.82, 2.24) is 5.01 Å². The van der Waals surface area contributed by atoms with Gasteiger partial charge < -0.3 is 0 Å². The van der Waals surface area contributed by atoms with Gasteiger partial charge in [0.15, 0.2) is 5.57 Å². The van der Waals surface area contributed by atoms with Gasteiger partial charge in [-0.05, 0) is 11.2 Å². The number of benzene rings is 2. The van der Waals surface area contributed by atoms with Crippen molar-refractivity contribution in [1.29, 1.82) is 5.26 Å². The number of nitriles is 1. The zero-order valence-electron chi connectivity index (χ0n) is 11.1. The van der Waals surface area contributed by atoms with Crippen molar-refractivity contribution in [3.63, 3.8) is 0 Å². The van der Waals surface area contributed by atoms with Gasteiger partial charge in [-0.15, -0.1) is 0 Å². The van der Waals surface area contributed by atoms with Gasteiger partial charge in [0.2, 0.25) is 5.69 Å². The van der Waals surface area contributed by atoms with Crippen molar-refractivity contribution in [2.45, 2.75) is 0 Å². The van der Waals surface area contributed by atoms with E-state index in [1.165, 1.54) is 11.1 Å². The van der Waals surface area contributed by atoms with Gasteiger partial charge in [-0.1, -0.05) is 48.5 Å². The fourth-order valence-corrected chi connectivity index (χ4v) is 2.07. The molecule has 0 atom stereocenters. The maximum atomic E-state index is 12.3. The number of amides is 1. The van der Waals surface area contributed by atoms with Crippen LogP contribution >= 0.6 is 0 Å². The van der Waals surface area contributed by atoms with E-state index < -0.39 is 5.91 Å². The van der Waals surface area contributed by atoms with E-state index in [1.807, 2.05) is 54.6 Å². The van der Waals surface area contributed by atoms with Crippen LogP contribution in [0.3, 0.4) is 0 Å². The standard InChI is InChI=1S/C17H11N3O/c18-12-14-11-16(13-7-3-1-4-8-13)19-20(17(14)21)15-9-5-2-6-10-15/h1-11H/q+1. The Morgan fingerprint density at radius 3 is 2.19 bits per heavy atom. The van der Waals surface area contributed by atoms with Gasteiger partial charge in [0.1, 0.15) is 11.8 Å². The molecule has 4 nitrogen and oxygen atoms in total. The molecule has 99 valence electrons. The second-order valence-electron chi connectivity index (χ2n) is 4.47. The summed E-state index contributed by atoms with van der Waals surface area (Å²) in [6.45, 7) is 0. The van der Waals surface area contributed by atoms with E-state index >= 15 is 0 Å². The minimum Gasteiger partial charge on any atom is -0.215 e. The summed E-state index contributed by atoms with van der Waals surface area (Å²) in [7, 11) is 0. The van der Waals surface area contributed by atoms with Gasteiger partial charge >= 0.3 is 5.91 Å². The lowest BCUT2D eigenvalue weighted by atomic mass is 10.1. The van der Waals surface area contributed by atoms with Crippen LogP contribution in [0.25, 0.3) is 0 Å². The highest BCUT2D eigenvalue weighted by atomic mass is 16.2. The van der Waals surface area contributed by atoms with Crippen molar-refractivity contribution in [3.8, 4) is 6.07 Å². The van der Waals surface area contributed by atoms with Crippen molar-refractivity contribution >= 4 is 17.3 Å². The number of hydrogen-bond acceptors (Lipinski definition) is 3. The highest BCUT2D eigenvalue weighted by molar-refractivity contribution is 6.18. The Morgan fingerprint density at radius 2 is 1.57 bits per heavy atom. The summed E-state index contributed by atoms with van der Waals surface area (Å²) in [5.41, 5.74) is 2.17. The highest BCUT2D eigenvalue weighted by Crippen LogP contribution is 2.21. The van der Waals surface area contributed by atoms with E-state index in [1.54, 1.807) is 12.1 Å². The lowest BCUT2D eigenvalue weighted by molar-refractivity contribution is -0.119.